The van der Waals surface area contributed by atoms with E-state index in [0.29, 0.717) is 23.1 Å². The predicted molar refractivity (Wildman–Crippen MR) is 83.3 cm³/mol. The topological polar surface area (TPSA) is 49.3 Å². The summed E-state index contributed by atoms with van der Waals surface area (Å²) in [7, 11) is 0. The van der Waals surface area contributed by atoms with Crippen molar-refractivity contribution >= 4 is 11.6 Å². The number of aliphatic hydroxyl groups is 1. The van der Waals surface area contributed by atoms with Crippen LogP contribution in [0.3, 0.4) is 0 Å². The molecule has 2 atom stereocenters. The molecule has 1 aliphatic heterocycles. The fourth-order valence-electron chi connectivity index (χ4n) is 2.91. The van der Waals surface area contributed by atoms with Gasteiger partial charge in [0.25, 0.3) is 0 Å². The van der Waals surface area contributed by atoms with Gasteiger partial charge in [0.2, 0.25) is 5.91 Å². The van der Waals surface area contributed by atoms with E-state index in [2.05, 4.69) is 5.32 Å². The highest BCUT2D eigenvalue weighted by molar-refractivity contribution is 6.03. The van der Waals surface area contributed by atoms with Crippen LogP contribution in [0.4, 0.5) is 10.1 Å². The molecule has 2 aromatic carbocycles. The normalized spacial score (nSPS) is 18.0. The first kappa shape index (κ1) is 14.7. The van der Waals surface area contributed by atoms with Crippen LogP contribution in [-0.2, 0) is 4.79 Å². The molecule has 1 aliphatic rings. The summed E-state index contributed by atoms with van der Waals surface area (Å²) in [5, 5.41) is 13.1. The van der Waals surface area contributed by atoms with Gasteiger partial charge in [-0.3, -0.25) is 4.79 Å². The van der Waals surface area contributed by atoms with Crippen LogP contribution in [-0.4, -0.2) is 11.0 Å². The first-order valence-electron chi connectivity index (χ1n) is 7.40. The van der Waals surface area contributed by atoms with Gasteiger partial charge in [-0.25, -0.2) is 4.39 Å². The Kier molecular flexibility index (Phi) is 3.71. The molecule has 1 amide bonds. The number of nitrogens with one attached hydrogen (secondary N) is 1. The van der Waals surface area contributed by atoms with Gasteiger partial charge in [-0.1, -0.05) is 36.8 Å². The van der Waals surface area contributed by atoms with Gasteiger partial charge in [0.15, 0.2) is 0 Å². The minimum atomic E-state index is -0.909. The van der Waals surface area contributed by atoms with E-state index in [0.717, 1.165) is 5.56 Å². The van der Waals surface area contributed by atoms with Crippen molar-refractivity contribution in [1.29, 1.82) is 0 Å². The van der Waals surface area contributed by atoms with E-state index in [9.17, 15) is 14.3 Å². The molecule has 2 aromatic rings. The second-order valence-electron chi connectivity index (χ2n) is 5.73. The number of fused-ring (bicyclic) bond motifs is 1. The van der Waals surface area contributed by atoms with Crippen molar-refractivity contribution < 1.29 is 14.3 Å². The molecule has 1 heterocycles. The van der Waals surface area contributed by atoms with E-state index in [1.165, 1.54) is 6.07 Å². The summed E-state index contributed by atoms with van der Waals surface area (Å²) in [5.74, 6) is -1.03. The number of carbonyl (C=O) groups is 1. The fourth-order valence-corrected chi connectivity index (χ4v) is 2.91. The highest BCUT2D eigenvalue weighted by Crippen LogP contribution is 2.39. The molecule has 4 heteroatoms. The molecule has 0 spiro atoms. The second-order valence-corrected chi connectivity index (χ2v) is 5.73. The lowest BCUT2D eigenvalue weighted by Gasteiger charge is -2.15. The Labute approximate surface area is 128 Å². The van der Waals surface area contributed by atoms with Crippen molar-refractivity contribution in [2.75, 3.05) is 5.32 Å². The summed E-state index contributed by atoms with van der Waals surface area (Å²) in [6.45, 7) is 3.86. The zero-order chi connectivity index (χ0) is 15.9. The molecule has 22 heavy (non-hydrogen) atoms. The van der Waals surface area contributed by atoms with E-state index in [1.807, 2.05) is 38.1 Å². The molecule has 0 bridgehead atoms. The maximum atomic E-state index is 14.2. The zero-order valence-electron chi connectivity index (χ0n) is 12.6. The number of anilines is 1. The number of rotatable bonds is 3. The lowest BCUT2D eigenvalue weighted by molar-refractivity contribution is -0.117. The Hall–Kier alpha value is -2.20. The van der Waals surface area contributed by atoms with E-state index in [1.54, 1.807) is 6.07 Å². The van der Waals surface area contributed by atoms with Crippen LogP contribution in [0.25, 0.3) is 0 Å². The van der Waals surface area contributed by atoms with Gasteiger partial charge in [0.1, 0.15) is 11.9 Å². The summed E-state index contributed by atoms with van der Waals surface area (Å²) >= 11 is 0. The van der Waals surface area contributed by atoms with Gasteiger partial charge in [0, 0.05) is 0 Å². The number of hydrogen-bond acceptors (Lipinski definition) is 2. The standard InChI is InChI=1S/C18H18FNO2/c1-3-13-14-8-12(9-15(19)16(14)20-18(13)22)17(21)11-6-4-10(2)5-7-11/h4-9,13,17,21H,3H2,1-2H3,(H,20,22). The number of aliphatic hydroxyl groups excluding tert-OH is 1. The Morgan fingerprint density at radius 1 is 1.23 bits per heavy atom. The van der Waals surface area contributed by atoms with Crippen molar-refractivity contribution in [3.8, 4) is 0 Å². The number of aryl methyl sites for hydroxylation is 1. The maximum absolute atomic E-state index is 14.2. The number of carbonyl (C=O) groups excluding carboxylic acids is 1. The summed E-state index contributed by atoms with van der Waals surface area (Å²) in [6, 6.07) is 10.5. The Morgan fingerprint density at radius 3 is 2.55 bits per heavy atom. The number of benzene rings is 2. The minimum absolute atomic E-state index is 0.182. The largest absolute Gasteiger partial charge is 0.384 e. The van der Waals surface area contributed by atoms with E-state index < -0.39 is 11.9 Å². The minimum Gasteiger partial charge on any atom is -0.384 e. The lowest BCUT2D eigenvalue weighted by atomic mass is 9.93. The Balaban J connectivity index is 2.02. The van der Waals surface area contributed by atoms with Gasteiger partial charge < -0.3 is 10.4 Å². The van der Waals surface area contributed by atoms with Crippen LogP contribution >= 0.6 is 0 Å². The van der Waals surface area contributed by atoms with Crippen molar-refractivity contribution in [3.05, 3.63) is 64.5 Å². The third-order valence-corrected chi connectivity index (χ3v) is 4.20. The fraction of sp³-hybridized carbons (Fsp3) is 0.278. The third kappa shape index (κ3) is 2.40. The highest BCUT2D eigenvalue weighted by Gasteiger charge is 2.32. The quantitative estimate of drug-likeness (QED) is 0.908. The van der Waals surface area contributed by atoms with Crippen LogP contribution in [0, 0.1) is 12.7 Å². The molecule has 0 radical (unpaired) electrons. The van der Waals surface area contributed by atoms with Crippen molar-refractivity contribution in [2.24, 2.45) is 0 Å². The van der Waals surface area contributed by atoms with E-state index >= 15 is 0 Å². The summed E-state index contributed by atoms with van der Waals surface area (Å²) in [6.07, 6.45) is -0.309. The molecular weight excluding hydrogens is 281 g/mol. The number of halogens is 1. The van der Waals surface area contributed by atoms with Gasteiger partial charge in [-0.05, 0) is 42.2 Å². The molecule has 0 aromatic heterocycles. The number of amides is 1. The second kappa shape index (κ2) is 5.54. The van der Waals surface area contributed by atoms with Crippen molar-refractivity contribution in [3.63, 3.8) is 0 Å². The average Bonchev–Trinajstić information content (AvgIpc) is 2.83. The molecule has 3 rings (SSSR count). The molecule has 0 saturated heterocycles. The molecule has 0 aliphatic carbocycles. The third-order valence-electron chi connectivity index (χ3n) is 4.20. The molecule has 114 valence electrons. The summed E-state index contributed by atoms with van der Waals surface area (Å²) < 4.78 is 14.2. The van der Waals surface area contributed by atoms with Gasteiger partial charge >= 0.3 is 0 Å². The van der Waals surface area contributed by atoms with Crippen LogP contribution < -0.4 is 5.32 Å². The van der Waals surface area contributed by atoms with E-state index in [-0.39, 0.29) is 17.5 Å². The van der Waals surface area contributed by atoms with Gasteiger partial charge in [0.05, 0.1) is 11.6 Å². The first-order valence-corrected chi connectivity index (χ1v) is 7.40. The molecule has 2 unspecified atom stereocenters. The molecule has 0 saturated carbocycles. The lowest BCUT2D eigenvalue weighted by Crippen LogP contribution is -2.10. The molecule has 3 nitrogen and oxygen atoms in total. The Bertz CT molecular complexity index is 725. The van der Waals surface area contributed by atoms with Gasteiger partial charge in [-0.2, -0.15) is 0 Å². The summed E-state index contributed by atoms with van der Waals surface area (Å²) in [5.41, 5.74) is 3.15. The smallest absolute Gasteiger partial charge is 0.232 e. The van der Waals surface area contributed by atoms with Crippen molar-refractivity contribution in [1.82, 2.24) is 0 Å². The average molecular weight is 299 g/mol. The molecule has 0 fully saturated rings. The first-order chi connectivity index (χ1) is 10.5. The van der Waals surface area contributed by atoms with Crippen LogP contribution in [0.2, 0.25) is 0 Å². The van der Waals surface area contributed by atoms with Crippen LogP contribution in [0.5, 0.6) is 0 Å². The Morgan fingerprint density at radius 2 is 1.91 bits per heavy atom. The van der Waals surface area contributed by atoms with Gasteiger partial charge in [-0.15, -0.1) is 0 Å². The van der Waals surface area contributed by atoms with E-state index in [4.69, 9.17) is 0 Å². The number of hydrogen-bond donors (Lipinski definition) is 2. The van der Waals surface area contributed by atoms with Crippen LogP contribution in [0.15, 0.2) is 36.4 Å². The predicted octanol–water partition coefficient (Wildman–Crippen LogP) is 3.66. The van der Waals surface area contributed by atoms with Crippen molar-refractivity contribution in [2.45, 2.75) is 32.3 Å². The summed E-state index contributed by atoms with van der Waals surface area (Å²) in [4.78, 5) is 11.9. The monoisotopic (exact) mass is 299 g/mol. The molecule has 2 N–H and O–H groups in total. The maximum Gasteiger partial charge on any atom is 0.232 e. The SMILES string of the molecule is CCC1C(=O)Nc2c(F)cc(C(O)c3ccc(C)cc3)cc21. The highest BCUT2D eigenvalue weighted by atomic mass is 19.1. The van der Waals surface area contributed by atoms with Crippen LogP contribution in [0.1, 0.15) is 47.6 Å². The zero-order valence-corrected chi connectivity index (χ0v) is 12.6. The molecular formula is C18H18FNO2.